The standard InChI is InChI=1S/C12H13NO2/c1-13-10-7-9(12(15)4-5-12)3-2-8(10)6-11(13)14/h2-3,7,15H,4-6H2,1H3. The molecule has 1 aliphatic heterocycles. The SMILES string of the molecule is CN1C(=O)Cc2ccc(C3(O)CC3)cc21. The van der Waals surface area contributed by atoms with Gasteiger partial charge >= 0.3 is 0 Å². The molecular weight excluding hydrogens is 190 g/mol. The highest BCUT2D eigenvalue weighted by atomic mass is 16.3. The number of carbonyl (C=O) groups is 1. The van der Waals surface area contributed by atoms with Crippen molar-refractivity contribution in [1.82, 2.24) is 0 Å². The Morgan fingerprint density at radius 3 is 2.80 bits per heavy atom. The fourth-order valence-corrected chi connectivity index (χ4v) is 2.14. The van der Waals surface area contributed by atoms with E-state index >= 15 is 0 Å². The lowest BCUT2D eigenvalue weighted by molar-refractivity contribution is -0.117. The molecule has 1 fully saturated rings. The van der Waals surface area contributed by atoms with E-state index in [4.69, 9.17) is 0 Å². The number of carbonyl (C=O) groups excluding carboxylic acids is 1. The fraction of sp³-hybridized carbons (Fsp3) is 0.417. The first kappa shape index (κ1) is 8.92. The van der Waals surface area contributed by atoms with Gasteiger partial charge in [0.15, 0.2) is 0 Å². The van der Waals surface area contributed by atoms with E-state index in [-0.39, 0.29) is 5.91 Å². The Morgan fingerprint density at radius 2 is 2.13 bits per heavy atom. The van der Waals surface area contributed by atoms with Crippen LogP contribution in [0, 0.1) is 0 Å². The number of hydrogen-bond donors (Lipinski definition) is 1. The van der Waals surface area contributed by atoms with Gasteiger partial charge in [0.25, 0.3) is 0 Å². The van der Waals surface area contributed by atoms with E-state index in [9.17, 15) is 9.90 Å². The zero-order valence-corrected chi connectivity index (χ0v) is 8.66. The first-order valence-electron chi connectivity index (χ1n) is 5.22. The van der Waals surface area contributed by atoms with E-state index in [1.807, 2.05) is 18.2 Å². The van der Waals surface area contributed by atoms with Gasteiger partial charge in [-0.05, 0) is 30.0 Å². The van der Waals surface area contributed by atoms with Crippen molar-refractivity contribution in [3.63, 3.8) is 0 Å². The Morgan fingerprint density at radius 1 is 1.40 bits per heavy atom. The minimum atomic E-state index is -0.610. The lowest BCUT2D eigenvalue weighted by Crippen LogP contribution is -2.20. The molecule has 3 heteroatoms. The summed E-state index contributed by atoms with van der Waals surface area (Å²) in [6.07, 6.45) is 2.16. The third kappa shape index (κ3) is 1.20. The van der Waals surface area contributed by atoms with Gasteiger partial charge in [-0.25, -0.2) is 0 Å². The van der Waals surface area contributed by atoms with Crippen molar-refractivity contribution in [3.05, 3.63) is 29.3 Å². The number of hydrogen-bond acceptors (Lipinski definition) is 2. The van der Waals surface area contributed by atoms with Crippen LogP contribution < -0.4 is 4.90 Å². The molecule has 0 bridgehead atoms. The molecular formula is C12H13NO2. The molecule has 1 aliphatic carbocycles. The molecule has 0 spiro atoms. The van der Waals surface area contributed by atoms with Crippen molar-refractivity contribution >= 4 is 11.6 Å². The summed E-state index contributed by atoms with van der Waals surface area (Å²) in [5.74, 6) is 0.130. The number of anilines is 1. The molecule has 0 atom stereocenters. The normalized spacial score (nSPS) is 21.7. The molecule has 0 saturated heterocycles. The number of aliphatic hydroxyl groups is 1. The Balaban J connectivity index is 2.07. The number of fused-ring (bicyclic) bond motifs is 1. The quantitative estimate of drug-likeness (QED) is 0.744. The molecule has 3 rings (SSSR count). The van der Waals surface area contributed by atoms with Gasteiger partial charge in [-0.3, -0.25) is 4.79 Å². The van der Waals surface area contributed by atoms with Gasteiger partial charge in [-0.2, -0.15) is 0 Å². The van der Waals surface area contributed by atoms with Crippen molar-refractivity contribution in [2.45, 2.75) is 24.9 Å². The number of likely N-dealkylation sites (N-methyl/N-ethyl adjacent to an activating group) is 1. The lowest BCUT2D eigenvalue weighted by Gasteiger charge is -2.14. The van der Waals surface area contributed by atoms with Gasteiger partial charge in [0.2, 0.25) is 5.91 Å². The second-order valence-corrected chi connectivity index (χ2v) is 4.50. The Kier molecular flexibility index (Phi) is 1.55. The molecule has 0 unspecified atom stereocenters. The van der Waals surface area contributed by atoms with Crippen LogP contribution in [-0.2, 0) is 16.8 Å². The largest absolute Gasteiger partial charge is 0.385 e. The highest BCUT2D eigenvalue weighted by molar-refractivity contribution is 6.01. The molecule has 15 heavy (non-hydrogen) atoms. The van der Waals surface area contributed by atoms with E-state index in [2.05, 4.69) is 0 Å². The first-order valence-corrected chi connectivity index (χ1v) is 5.22. The van der Waals surface area contributed by atoms with Crippen LogP contribution in [0.5, 0.6) is 0 Å². The van der Waals surface area contributed by atoms with Crippen molar-refractivity contribution < 1.29 is 9.90 Å². The second-order valence-electron chi connectivity index (χ2n) is 4.50. The zero-order valence-electron chi connectivity index (χ0n) is 8.66. The second kappa shape index (κ2) is 2.61. The molecule has 1 saturated carbocycles. The van der Waals surface area contributed by atoms with Crippen molar-refractivity contribution in [2.75, 3.05) is 11.9 Å². The fourth-order valence-electron chi connectivity index (χ4n) is 2.14. The summed E-state index contributed by atoms with van der Waals surface area (Å²) < 4.78 is 0. The van der Waals surface area contributed by atoms with Crippen LogP contribution in [0.15, 0.2) is 18.2 Å². The molecule has 1 aromatic rings. The Labute approximate surface area is 88.3 Å². The lowest BCUT2D eigenvalue weighted by atomic mass is 10.0. The predicted molar refractivity (Wildman–Crippen MR) is 56.7 cm³/mol. The highest BCUT2D eigenvalue weighted by Crippen LogP contribution is 2.46. The number of amides is 1. The van der Waals surface area contributed by atoms with Gasteiger partial charge in [0.05, 0.1) is 12.0 Å². The molecule has 78 valence electrons. The summed E-state index contributed by atoms with van der Waals surface area (Å²) in [5, 5.41) is 9.98. The van der Waals surface area contributed by atoms with Crippen LogP contribution in [0.3, 0.4) is 0 Å². The molecule has 1 amide bonds. The molecule has 2 aliphatic rings. The van der Waals surface area contributed by atoms with Gasteiger partial charge in [-0.15, -0.1) is 0 Å². The van der Waals surface area contributed by atoms with Crippen LogP contribution in [0.2, 0.25) is 0 Å². The van der Waals surface area contributed by atoms with E-state index in [0.29, 0.717) is 6.42 Å². The minimum Gasteiger partial charge on any atom is -0.385 e. The van der Waals surface area contributed by atoms with Gasteiger partial charge < -0.3 is 10.0 Å². The summed E-state index contributed by atoms with van der Waals surface area (Å²) in [6, 6.07) is 5.86. The summed E-state index contributed by atoms with van der Waals surface area (Å²) >= 11 is 0. The van der Waals surface area contributed by atoms with Crippen LogP contribution in [-0.4, -0.2) is 18.1 Å². The maximum absolute atomic E-state index is 11.5. The molecule has 1 heterocycles. The van der Waals surface area contributed by atoms with E-state index < -0.39 is 5.60 Å². The smallest absolute Gasteiger partial charge is 0.231 e. The van der Waals surface area contributed by atoms with E-state index in [0.717, 1.165) is 29.7 Å². The molecule has 3 nitrogen and oxygen atoms in total. The molecule has 1 N–H and O–H groups in total. The molecule has 1 aromatic carbocycles. The molecule has 0 aromatic heterocycles. The number of rotatable bonds is 1. The van der Waals surface area contributed by atoms with Crippen molar-refractivity contribution in [1.29, 1.82) is 0 Å². The van der Waals surface area contributed by atoms with Crippen molar-refractivity contribution in [2.24, 2.45) is 0 Å². The van der Waals surface area contributed by atoms with Crippen LogP contribution in [0.25, 0.3) is 0 Å². The first-order chi connectivity index (χ1) is 7.10. The topological polar surface area (TPSA) is 40.5 Å². The molecule has 0 radical (unpaired) electrons. The van der Waals surface area contributed by atoms with Crippen LogP contribution in [0.4, 0.5) is 5.69 Å². The Bertz CT molecular complexity index is 449. The van der Waals surface area contributed by atoms with Gasteiger partial charge in [0.1, 0.15) is 0 Å². The third-order valence-corrected chi connectivity index (χ3v) is 3.42. The average molecular weight is 203 g/mol. The third-order valence-electron chi connectivity index (χ3n) is 3.42. The monoisotopic (exact) mass is 203 g/mol. The van der Waals surface area contributed by atoms with Crippen LogP contribution in [0.1, 0.15) is 24.0 Å². The maximum Gasteiger partial charge on any atom is 0.231 e. The van der Waals surface area contributed by atoms with Gasteiger partial charge in [0, 0.05) is 12.7 Å². The Hall–Kier alpha value is -1.35. The summed E-state index contributed by atoms with van der Waals surface area (Å²) in [6.45, 7) is 0. The number of nitrogens with zero attached hydrogens (tertiary/aromatic N) is 1. The summed E-state index contributed by atoms with van der Waals surface area (Å²) in [5.41, 5.74) is 2.36. The van der Waals surface area contributed by atoms with Crippen LogP contribution >= 0.6 is 0 Å². The number of benzene rings is 1. The average Bonchev–Trinajstić information content (AvgIpc) is 2.90. The summed E-state index contributed by atoms with van der Waals surface area (Å²) in [7, 11) is 1.79. The van der Waals surface area contributed by atoms with E-state index in [1.165, 1.54) is 0 Å². The zero-order chi connectivity index (χ0) is 10.6. The van der Waals surface area contributed by atoms with Gasteiger partial charge in [-0.1, -0.05) is 12.1 Å². The predicted octanol–water partition coefficient (Wildman–Crippen LogP) is 1.19. The minimum absolute atomic E-state index is 0.130. The maximum atomic E-state index is 11.5. The highest BCUT2D eigenvalue weighted by Gasteiger charge is 2.42. The summed E-state index contributed by atoms with van der Waals surface area (Å²) in [4.78, 5) is 13.1. The van der Waals surface area contributed by atoms with E-state index in [1.54, 1.807) is 11.9 Å². The van der Waals surface area contributed by atoms with Crippen molar-refractivity contribution in [3.8, 4) is 0 Å².